The van der Waals surface area contributed by atoms with Crippen molar-refractivity contribution in [1.82, 2.24) is 4.98 Å². The molecule has 0 amide bonds. The van der Waals surface area contributed by atoms with Crippen molar-refractivity contribution < 1.29 is 14.6 Å². The van der Waals surface area contributed by atoms with E-state index in [2.05, 4.69) is 20.9 Å². The van der Waals surface area contributed by atoms with Crippen molar-refractivity contribution in [3.8, 4) is 5.75 Å². The number of carbonyl (C=O) groups is 1. The topological polar surface area (TPSA) is 59.4 Å². The number of ether oxygens (including phenoxy) is 1. The Labute approximate surface area is 94.0 Å². The molecule has 76 valence electrons. The molecule has 1 aromatic heterocycles. The summed E-state index contributed by atoms with van der Waals surface area (Å²) in [6.45, 7) is 0.250. The summed E-state index contributed by atoms with van der Waals surface area (Å²) in [6, 6.07) is 1.54. The summed E-state index contributed by atoms with van der Waals surface area (Å²) < 4.78 is 5.78. The molecule has 0 spiro atoms. The van der Waals surface area contributed by atoms with Crippen LogP contribution in [0.5, 0.6) is 5.75 Å². The number of rotatable bonds is 4. The van der Waals surface area contributed by atoms with Gasteiger partial charge in [-0.2, -0.15) is 0 Å². The van der Waals surface area contributed by atoms with Crippen molar-refractivity contribution in [3.05, 3.63) is 22.4 Å². The second-order valence-corrected chi connectivity index (χ2v) is 3.64. The first-order valence-electron chi connectivity index (χ1n) is 3.72. The zero-order valence-electron chi connectivity index (χ0n) is 7.04. The van der Waals surface area contributed by atoms with Gasteiger partial charge in [0.05, 0.1) is 5.88 Å². The van der Waals surface area contributed by atoms with E-state index in [-0.39, 0.29) is 18.1 Å². The number of nitrogens with zero attached hydrogens (tertiary/aromatic N) is 1. The molecule has 1 N–H and O–H groups in total. The van der Waals surface area contributed by atoms with Gasteiger partial charge in [-0.05, 0) is 22.0 Å². The van der Waals surface area contributed by atoms with Gasteiger partial charge in [0.25, 0.3) is 0 Å². The number of pyridine rings is 1. The highest BCUT2D eigenvalue weighted by Crippen LogP contribution is 2.21. The van der Waals surface area contributed by atoms with E-state index in [1.807, 2.05) is 0 Å². The fourth-order valence-electron chi connectivity index (χ4n) is 0.840. The molecule has 0 saturated carbocycles. The van der Waals surface area contributed by atoms with Crippen molar-refractivity contribution in [3.63, 3.8) is 0 Å². The summed E-state index contributed by atoms with van der Waals surface area (Å²) in [5.74, 6) is -0.611. The molecule has 0 bridgehead atoms. The maximum Gasteiger partial charge on any atom is 0.358 e. The van der Waals surface area contributed by atoms with E-state index >= 15 is 0 Å². The number of carboxylic acid groups (broad SMARTS) is 1. The molecule has 0 aliphatic rings. The lowest BCUT2D eigenvalue weighted by Crippen LogP contribution is -2.07. The van der Waals surface area contributed by atoms with E-state index < -0.39 is 5.97 Å². The Morgan fingerprint density at radius 1 is 1.71 bits per heavy atom. The molecule has 0 atom stereocenters. The van der Waals surface area contributed by atoms with Gasteiger partial charge in [0, 0.05) is 10.7 Å². The molecule has 0 aromatic carbocycles. The Bertz CT molecular complexity index is 345. The van der Waals surface area contributed by atoms with Crippen LogP contribution in [0, 0.1) is 0 Å². The fourth-order valence-corrected chi connectivity index (χ4v) is 1.23. The highest BCUT2D eigenvalue weighted by Gasteiger charge is 2.13. The maximum atomic E-state index is 10.7. The van der Waals surface area contributed by atoms with Gasteiger partial charge in [-0.25, -0.2) is 9.78 Å². The van der Waals surface area contributed by atoms with E-state index in [0.29, 0.717) is 10.4 Å². The van der Waals surface area contributed by atoms with Gasteiger partial charge < -0.3 is 9.84 Å². The van der Waals surface area contributed by atoms with Crippen molar-refractivity contribution in [2.75, 3.05) is 12.5 Å². The summed E-state index contributed by atoms with van der Waals surface area (Å²) in [6.07, 6.45) is 1.40. The predicted molar refractivity (Wildman–Crippen MR) is 55.1 cm³/mol. The van der Waals surface area contributed by atoms with E-state index in [1.165, 1.54) is 6.20 Å². The Morgan fingerprint density at radius 2 is 2.43 bits per heavy atom. The van der Waals surface area contributed by atoms with Gasteiger partial charge in [-0.1, -0.05) is 0 Å². The lowest BCUT2D eigenvalue weighted by atomic mass is 10.3. The first kappa shape index (κ1) is 11.3. The first-order valence-corrected chi connectivity index (χ1v) is 5.05. The number of halogens is 2. The number of alkyl halides is 1. The number of hydrogen-bond donors (Lipinski definition) is 1. The molecular weight excluding hydrogens is 273 g/mol. The summed E-state index contributed by atoms with van der Waals surface area (Å²) in [7, 11) is 0. The van der Waals surface area contributed by atoms with Gasteiger partial charge in [0.1, 0.15) is 6.61 Å². The summed E-state index contributed by atoms with van der Waals surface area (Å²) in [5, 5.41) is 8.77. The monoisotopic (exact) mass is 279 g/mol. The average molecular weight is 281 g/mol. The van der Waals surface area contributed by atoms with Crippen LogP contribution in [-0.4, -0.2) is 28.5 Å². The Balaban J connectivity index is 2.97. The lowest BCUT2D eigenvalue weighted by Gasteiger charge is -2.06. The van der Waals surface area contributed by atoms with E-state index in [1.54, 1.807) is 6.07 Å². The fraction of sp³-hybridized carbons (Fsp3) is 0.250. The predicted octanol–water partition coefficient (Wildman–Crippen LogP) is 2.16. The second kappa shape index (κ2) is 5.17. The third-order valence-electron chi connectivity index (χ3n) is 1.36. The number of carboxylic acids is 1. The molecule has 14 heavy (non-hydrogen) atoms. The summed E-state index contributed by atoms with van der Waals surface area (Å²) >= 11 is 8.59. The zero-order chi connectivity index (χ0) is 10.6. The molecule has 0 radical (unpaired) electrons. The van der Waals surface area contributed by atoms with Crippen molar-refractivity contribution in [2.24, 2.45) is 0 Å². The van der Waals surface area contributed by atoms with Gasteiger partial charge >= 0.3 is 5.97 Å². The molecule has 0 aliphatic carbocycles. The minimum atomic E-state index is -1.12. The van der Waals surface area contributed by atoms with Crippen molar-refractivity contribution in [1.29, 1.82) is 0 Å². The van der Waals surface area contributed by atoms with Gasteiger partial charge in [-0.15, -0.1) is 11.6 Å². The van der Waals surface area contributed by atoms with E-state index in [4.69, 9.17) is 21.4 Å². The second-order valence-electron chi connectivity index (χ2n) is 2.34. The SMILES string of the molecule is O=C(O)c1ncc(Br)cc1OCCCl. The van der Waals surface area contributed by atoms with Crippen molar-refractivity contribution in [2.45, 2.75) is 0 Å². The summed E-state index contributed by atoms with van der Waals surface area (Å²) in [5.41, 5.74) is -0.113. The summed E-state index contributed by atoms with van der Waals surface area (Å²) in [4.78, 5) is 14.4. The molecule has 0 saturated heterocycles. The molecule has 1 heterocycles. The van der Waals surface area contributed by atoms with Gasteiger partial charge in [0.15, 0.2) is 11.4 Å². The molecule has 0 unspecified atom stereocenters. The standard InChI is InChI=1S/C8H7BrClNO3/c9-5-3-6(14-2-1-10)7(8(12)13)11-4-5/h3-4H,1-2H2,(H,12,13). The third kappa shape index (κ3) is 2.85. The van der Waals surface area contributed by atoms with Crippen LogP contribution < -0.4 is 4.74 Å². The molecule has 0 aliphatic heterocycles. The quantitative estimate of drug-likeness (QED) is 0.859. The first-order chi connectivity index (χ1) is 6.65. The van der Waals surface area contributed by atoms with Crippen LogP contribution in [0.4, 0.5) is 0 Å². The molecule has 6 heteroatoms. The third-order valence-corrected chi connectivity index (χ3v) is 1.94. The molecule has 1 rings (SSSR count). The number of hydrogen-bond acceptors (Lipinski definition) is 3. The normalized spacial score (nSPS) is 9.86. The maximum absolute atomic E-state index is 10.7. The van der Waals surface area contributed by atoms with Crippen LogP contribution in [0.25, 0.3) is 0 Å². The molecule has 0 fully saturated rings. The highest BCUT2D eigenvalue weighted by molar-refractivity contribution is 9.10. The van der Waals surface area contributed by atoms with E-state index in [9.17, 15) is 4.79 Å². The average Bonchev–Trinajstić information content (AvgIpc) is 2.14. The Kier molecular flexibility index (Phi) is 4.16. The van der Waals surface area contributed by atoms with E-state index in [0.717, 1.165) is 0 Å². The molecular formula is C8H7BrClNO3. The van der Waals surface area contributed by atoms with Crippen LogP contribution in [0.15, 0.2) is 16.7 Å². The van der Waals surface area contributed by atoms with Crippen LogP contribution in [0.2, 0.25) is 0 Å². The number of aromatic carboxylic acids is 1. The van der Waals surface area contributed by atoms with Crippen LogP contribution in [0.3, 0.4) is 0 Å². The minimum absolute atomic E-state index is 0.113. The van der Waals surface area contributed by atoms with Gasteiger partial charge in [0.2, 0.25) is 0 Å². The minimum Gasteiger partial charge on any atom is -0.490 e. The van der Waals surface area contributed by atoms with Crippen LogP contribution in [0.1, 0.15) is 10.5 Å². The Morgan fingerprint density at radius 3 is 3.00 bits per heavy atom. The molecule has 4 nitrogen and oxygen atoms in total. The Hall–Kier alpha value is -0.810. The molecule has 1 aromatic rings. The van der Waals surface area contributed by atoms with Gasteiger partial charge in [-0.3, -0.25) is 0 Å². The van der Waals surface area contributed by atoms with Crippen LogP contribution >= 0.6 is 27.5 Å². The van der Waals surface area contributed by atoms with Crippen molar-refractivity contribution >= 4 is 33.5 Å². The zero-order valence-corrected chi connectivity index (χ0v) is 9.38. The smallest absolute Gasteiger partial charge is 0.358 e. The van der Waals surface area contributed by atoms with Crippen LogP contribution in [-0.2, 0) is 0 Å². The lowest BCUT2D eigenvalue weighted by molar-refractivity contribution is 0.0685. The highest BCUT2D eigenvalue weighted by atomic mass is 79.9. The number of aromatic nitrogens is 1. The largest absolute Gasteiger partial charge is 0.490 e.